The van der Waals surface area contributed by atoms with Crippen LogP contribution in [0.5, 0.6) is 0 Å². The second kappa shape index (κ2) is 9.05. The van der Waals surface area contributed by atoms with Gasteiger partial charge in [0.25, 0.3) is 5.91 Å². The Bertz CT molecular complexity index is 890. The molecule has 8 heteroatoms. The van der Waals surface area contributed by atoms with Crippen LogP contribution in [-0.2, 0) is 9.53 Å². The number of hydrogen-bond donors (Lipinski definition) is 2. The van der Waals surface area contributed by atoms with Gasteiger partial charge < -0.3 is 15.8 Å². The molecule has 2 aromatic rings. The molecule has 0 radical (unpaired) electrons. The van der Waals surface area contributed by atoms with E-state index < -0.39 is 11.9 Å². The first-order valence-corrected chi connectivity index (χ1v) is 10.1. The first-order valence-electron chi connectivity index (χ1n) is 8.34. The van der Waals surface area contributed by atoms with Gasteiger partial charge in [0.2, 0.25) is 5.91 Å². The van der Waals surface area contributed by atoms with Gasteiger partial charge in [-0.2, -0.15) is 0 Å². The number of anilines is 1. The summed E-state index contributed by atoms with van der Waals surface area (Å²) in [5, 5.41) is 3.00. The maximum atomic E-state index is 12.4. The Kier molecular flexibility index (Phi) is 7.04. The standard InChI is InChI=1S/C19H22N2O4S2/c1-5-25-19(24)15-12(4)16(17(20)23)27-18(15)21-14(22)9-26-13-7-6-10(2)11(3)8-13/h6-8H,5,9H2,1-4H3,(H2,20,23)(H,21,22). The zero-order valence-corrected chi connectivity index (χ0v) is 17.3. The highest BCUT2D eigenvalue weighted by molar-refractivity contribution is 8.00. The third kappa shape index (κ3) is 5.11. The minimum atomic E-state index is -0.645. The van der Waals surface area contributed by atoms with Gasteiger partial charge in [0, 0.05) is 4.90 Å². The SMILES string of the molecule is CCOC(=O)c1c(NC(=O)CSc2ccc(C)c(C)c2)sc(C(N)=O)c1C. The summed E-state index contributed by atoms with van der Waals surface area (Å²) in [6.45, 7) is 7.54. The summed E-state index contributed by atoms with van der Waals surface area (Å²) >= 11 is 2.38. The minimum absolute atomic E-state index is 0.174. The fraction of sp³-hybridized carbons (Fsp3) is 0.316. The number of esters is 1. The molecule has 0 saturated heterocycles. The molecule has 1 aromatic heterocycles. The lowest BCUT2D eigenvalue weighted by molar-refractivity contribution is -0.113. The van der Waals surface area contributed by atoms with E-state index in [9.17, 15) is 14.4 Å². The summed E-state index contributed by atoms with van der Waals surface area (Å²) in [5.41, 5.74) is 8.31. The molecule has 144 valence electrons. The van der Waals surface area contributed by atoms with Crippen LogP contribution in [0.25, 0.3) is 0 Å². The normalized spacial score (nSPS) is 10.5. The van der Waals surface area contributed by atoms with Gasteiger partial charge in [-0.3, -0.25) is 9.59 Å². The van der Waals surface area contributed by atoms with Crippen molar-refractivity contribution in [1.82, 2.24) is 0 Å². The number of thioether (sulfide) groups is 1. The van der Waals surface area contributed by atoms with Crippen LogP contribution in [0.15, 0.2) is 23.1 Å². The first-order chi connectivity index (χ1) is 12.7. The van der Waals surface area contributed by atoms with E-state index in [1.165, 1.54) is 17.3 Å². The Morgan fingerprint density at radius 3 is 2.48 bits per heavy atom. The number of benzene rings is 1. The Labute approximate surface area is 166 Å². The summed E-state index contributed by atoms with van der Waals surface area (Å²) < 4.78 is 5.04. The molecule has 0 saturated carbocycles. The van der Waals surface area contributed by atoms with Crippen molar-refractivity contribution in [2.45, 2.75) is 32.6 Å². The summed E-state index contributed by atoms with van der Waals surface area (Å²) in [6.07, 6.45) is 0. The number of thiophene rings is 1. The van der Waals surface area contributed by atoms with Gasteiger partial charge >= 0.3 is 5.97 Å². The Morgan fingerprint density at radius 2 is 1.89 bits per heavy atom. The maximum absolute atomic E-state index is 12.4. The largest absolute Gasteiger partial charge is 0.462 e. The highest BCUT2D eigenvalue weighted by Crippen LogP contribution is 2.34. The van der Waals surface area contributed by atoms with E-state index in [1.54, 1.807) is 13.8 Å². The lowest BCUT2D eigenvalue weighted by atomic mass is 10.1. The van der Waals surface area contributed by atoms with Crippen LogP contribution in [0, 0.1) is 20.8 Å². The highest BCUT2D eigenvalue weighted by Gasteiger charge is 2.25. The number of primary amides is 1. The molecule has 0 spiro atoms. The van der Waals surface area contributed by atoms with Gasteiger partial charge in [-0.1, -0.05) is 6.07 Å². The fourth-order valence-corrected chi connectivity index (χ4v) is 4.26. The molecule has 6 nitrogen and oxygen atoms in total. The number of ether oxygens (including phenoxy) is 1. The van der Waals surface area contributed by atoms with Crippen LogP contribution in [0.2, 0.25) is 0 Å². The Hall–Kier alpha value is -2.32. The third-order valence-corrected chi connectivity index (χ3v) is 6.17. The topological polar surface area (TPSA) is 98.5 Å². The van der Waals surface area contributed by atoms with Crippen molar-refractivity contribution >= 4 is 45.9 Å². The predicted molar refractivity (Wildman–Crippen MR) is 109 cm³/mol. The van der Waals surface area contributed by atoms with Gasteiger partial charge in [0.05, 0.1) is 22.8 Å². The fourth-order valence-electron chi connectivity index (χ4n) is 2.40. The van der Waals surface area contributed by atoms with Crippen molar-refractivity contribution in [2.75, 3.05) is 17.7 Å². The Balaban J connectivity index is 2.16. The molecule has 0 aliphatic heterocycles. The summed E-state index contributed by atoms with van der Waals surface area (Å²) in [6, 6.07) is 6.00. The van der Waals surface area contributed by atoms with Crippen molar-refractivity contribution in [3.8, 4) is 0 Å². The molecule has 0 aliphatic carbocycles. The molecule has 0 atom stereocenters. The van der Waals surface area contributed by atoms with Crippen molar-refractivity contribution < 1.29 is 19.1 Å². The third-order valence-electron chi connectivity index (χ3n) is 3.95. The molecule has 3 N–H and O–H groups in total. The second-order valence-corrected chi connectivity index (χ2v) is 8.00. The van der Waals surface area contributed by atoms with E-state index in [-0.39, 0.29) is 33.7 Å². The van der Waals surface area contributed by atoms with Gasteiger partial charge in [0.1, 0.15) is 5.00 Å². The number of aryl methyl sites for hydroxylation is 2. The maximum Gasteiger partial charge on any atom is 0.341 e. The molecule has 0 unspecified atom stereocenters. The minimum Gasteiger partial charge on any atom is -0.462 e. The number of rotatable bonds is 7. The van der Waals surface area contributed by atoms with Crippen LogP contribution in [0.4, 0.5) is 5.00 Å². The number of amides is 2. The lowest BCUT2D eigenvalue weighted by Gasteiger charge is -2.08. The average Bonchev–Trinajstić information content (AvgIpc) is 2.92. The van der Waals surface area contributed by atoms with Gasteiger partial charge in [0.15, 0.2) is 0 Å². The molecular formula is C19H22N2O4S2. The number of nitrogens with two attached hydrogens (primary N) is 1. The number of nitrogens with one attached hydrogen (secondary N) is 1. The summed E-state index contributed by atoms with van der Waals surface area (Å²) in [7, 11) is 0. The van der Waals surface area contributed by atoms with Crippen LogP contribution in [0.3, 0.4) is 0 Å². The molecule has 2 rings (SSSR count). The van der Waals surface area contributed by atoms with E-state index in [0.29, 0.717) is 5.56 Å². The molecule has 0 aliphatic rings. The number of carbonyl (C=O) groups excluding carboxylic acids is 3. The zero-order valence-electron chi connectivity index (χ0n) is 15.7. The molecule has 0 bridgehead atoms. The second-order valence-electron chi connectivity index (χ2n) is 5.93. The first kappa shape index (κ1) is 21.0. The molecule has 27 heavy (non-hydrogen) atoms. The van der Waals surface area contributed by atoms with Gasteiger partial charge in [-0.15, -0.1) is 23.1 Å². The Morgan fingerprint density at radius 1 is 1.19 bits per heavy atom. The molecule has 2 amide bonds. The van der Waals surface area contributed by atoms with Crippen LogP contribution >= 0.6 is 23.1 Å². The van der Waals surface area contributed by atoms with E-state index in [2.05, 4.69) is 5.32 Å². The average molecular weight is 407 g/mol. The molecular weight excluding hydrogens is 384 g/mol. The molecule has 1 heterocycles. The van der Waals surface area contributed by atoms with Crippen molar-refractivity contribution in [3.63, 3.8) is 0 Å². The van der Waals surface area contributed by atoms with Gasteiger partial charge in [-0.05, 0) is 56.5 Å². The van der Waals surface area contributed by atoms with Crippen LogP contribution in [0.1, 0.15) is 43.6 Å². The lowest BCUT2D eigenvalue weighted by Crippen LogP contribution is -2.16. The van der Waals surface area contributed by atoms with Gasteiger partial charge in [-0.25, -0.2) is 4.79 Å². The predicted octanol–water partition coefficient (Wildman–Crippen LogP) is 3.68. The molecule has 0 fully saturated rings. The quantitative estimate of drug-likeness (QED) is 0.540. The number of hydrogen-bond acceptors (Lipinski definition) is 6. The van der Waals surface area contributed by atoms with E-state index in [1.807, 2.05) is 32.0 Å². The van der Waals surface area contributed by atoms with E-state index in [0.717, 1.165) is 21.8 Å². The van der Waals surface area contributed by atoms with Crippen molar-refractivity contribution in [1.29, 1.82) is 0 Å². The summed E-state index contributed by atoms with van der Waals surface area (Å²) in [4.78, 5) is 37.4. The van der Waals surface area contributed by atoms with Crippen molar-refractivity contribution in [3.05, 3.63) is 45.3 Å². The monoisotopic (exact) mass is 406 g/mol. The molecule has 1 aromatic carbocycles. The van der Waals surface area contributed by atoms with E-state index in [4.69, 9.17) is 10.5 Å². The zero-order chi connectivity index (χ0) is 20.1. The highest BCUT2D eigenvalue weighted by atomic mass is 32.2. The van der Waals surface area contributed by atoms with E-state index >= 15 is 0 Å². The van der Waals surface area contributed by atoms with Crippen LogP contribution in [-0.4, -0.2) is 30.1 Å². The summed E-state index contributed by atoms with van der Waals surface area (Å²) in [5.74, 6) is -1.34. The van der Waals surface area contributed by atoms with Crippen LogP contribution < -0.4 is 11.1 Å². The van der Waals surface area contributed by atoms with Crippen molar-refractivity contribution in [2.24, 2.45) is 5.73 Å². The number of carbonyl (C=O) groups is 3. The smallest absolute Gasteiger partial charge is 0.341 e.